The average molecular weight is 378 g/mol. The van der Waals surface area contributed by atoms with Crippen molar-refractivity contribution >= 4 is 34.1 Å². The molecule has 4 rings (SSSR count). The minimum Gasteiger partial charge on any atom is -0.361 e. The van der Waals surface area contributed by atoms with Crippen LogP contribution in [-0.4, -0.2) is 34.3 Å². The summed E-state index contributed by atoms with van der Waals surface area (Å²) in [6.45, 7) is 0.536. The molecule has 1 atom stereocenters. The van der Waals surface area contributed by atoms with Gasteiger partial charge in [0.15, 0.2) is 0 Å². The van der Waals surface area contributed by atoms with E-state index < -0.39 is 11.0 Å². The van der Waals surface area contributed by atoms with Gasteiger partial charge in [0, 0.05) is 35.8 Å². The van der Waals surface area contributed by atoms with E-state index in [1.165, 1.54) is 24.3 Å². The Balaban J connectivity index is 1.43. The largest absolute Gasteiger partial charge is 0.361 e. The van der Waals surface area contributed by atoms with E-state index in [2.05, 4.69) is 10.3 Å². The molecule has 8 nitrogen and oxygen atoms in total. The summed E-state index contributed by atoms with van der Waals surface area (Å²) in [6, 6.07) is 12.9. The molecule has 0 bridgehead atoms. The predicted molar refractivity (Wildman–Crippen MR) is 104 cm³/mol. The summed E-state index contributed by atoms with van der Waals surface area (Å²) < 4.78 is 0. The summed E-state index contributed by atoms with van der Waals surface area (Å²) in [5.41, 5.74) is 2.26. The van der Waals surface area contributed by atoms with Crippen LogP contribution in [0.15, 0.2) is 54.7 Å². The maximum Gasteiger partial charge on any atom is 0.271 e. The zero-order valence-corrected chi connectivity index (χ0v) is 14.9. The number of nitrogens with one attached hydrogen (secondary N) is 2. The number of aromatic nitrogens is 1. The highest BCUT2D eigenvalue weighted by molar-refractivity contribution is 6.22. The van der Waals surface area contributed by atoms with Crippen LogP contribution < -0.4 is 10.2 Å². The molecule has 1 aromatic heterocycles. The van der Waals surface area contributed by atoms with Crippen molar-refractivity contribution in [2.24, 2.45) is 0 Å². The van der Waals surface area contributed by atoms with Gasteiger partial charge in [-0.15, -0.1) is 0 Å². The molecule has 0 radical (unpaired) electrons. The maximum atomic E-state index is 12.7. The van der Waals surface area contributed by atoms with Gasteiger partial charge in [0.05, 0.1) is 23.1 Å². The third-order valence-corrected chi connectivity index (χ3v) is 4.91. The van der Waals surface area contributed by atoms with Gasteiger partial charge in [-0.25, -0.2) is 4.90 Å². The fraction of sp³-hybridized carbons (Fsp3) is 0.200. The Morgan fingerprint density at radius 3 is 2.82 bits per heavy atom. The van der Waals surface area contributed by atoms with E-state index in [9.17, 15) is 19.7 Å². The summed E-state index contributed by atoms with van der Waals surface area (Å²) in [7, 11) is 0. The van der Waals surface area contributed by atoms with Crippen LogP contribution in [0.4, 0.5) is 11.4 Å². The standard InChI is InChI=1S/C20H18N4O4/c25-19-11-18(20(26)23(19)14-4-3-5-15(10-14)24(27)28)21-9-8-13-12-22-17-7-2-1-6-16(13)17/h1-7,10,12,18,21-22H,8-9,11H2. The number of non-ortho nitro benzene ring substituents is 1. The number of para-hydroxylation sites is 1. The van der Waals surface area contributed by atoms with Crippen molar-refractivity contribution in [3.05, 3.63) is 70.4 Å². The lowest BCUT2D eigenvalue weighted by molar-refractivity contribution is -0.384. The number of imide groups is 1. The Hall–Kier alpha value is -3.52. The molecule has 1 aliphatic heterocycles. The molecule has 0 saturated carbocycles. The number of nitro groups is 1. The monoisotopic (exact) mass is 378 g/mol. The molecule has 3 aromatic rings. The zero-order valence-electron chi connectivity index (χ0n) is 14.9. The van der Waals surface area contributed by atoms with Crippen LogP contribution in [0.3, 0.4) is 0 Å². The molecule has 2 heterocycles. The first kappa shape index (κ1) is 17.9. The molecule has 1 fully saturated rings. The molecule has 28 heavy (non-hydrogen) atoms. The van der Waals surface area contributed by atoms with Crippen LogP contribution in [-0.2, 0) is 16.0 Å². The van der Waals surface area contributed by atoms with Crippen LogP contribution in [0, 0.1) is 10.1 Å². The molecular weight excluding hydrogens is 360 g/mol. The highest BCUT2D eigenvalue weighted by Crippen LogP contribution is 2.26. The van der Waals surface area contributed by atoms with Gasteiger partial charge >= 0.3 is 0 Å². The van der Waals surface area contributed by atoms with Crippen molar-refractivity contribution in [1.29, 1.82) is 0 Å². The number of fused-ring (bicyclic) bond motifs is 1. The van der Waals surface area contributed by atoms with Gasteiger partial charge in [-0.1, -0.05) is 24.3 Å². The van der Waals surface area contributed by atoms with Gasteiger partial charge in [0.2, 0.25) is 5.91 Å². The van der Waals surface area contributed by atoms with E-state index >= 15 is 0 Å². The predicted octanol–water partition coefficient (Wildman–Crippen LogP) is 2.54. The Bertz CT molecular complexity index is 1070. The van der Waals surface area contributed by atoms with Crippen LogP contribution in [0.2, 0.25) is 0 Å². The fourth-order valence-electron chi connectivity index (χ4n) is 3.53. The minimum absolute atomic E-state index is 0.0371. The molecule has 8 heteroatoms. The summed E-state index contributed by atoms with van der Waals surface area (Å²) in [5, 5.41) is 15.2. The smallest absolute Gasteiger partial charge is 0.271 e. The Morgan fingerprint density at radius 1 is 1.18 bits per heavy atom. The Morgan fingerprint density at radius 2 is 2.00 bits per heavy atom. The average Bonchev–Trinajstić information content (AvgIpc) is 3.23. The zero-order chi connectivity index (χ0) is 19.7. The summed E-state index contributed by atoms with van der Waals surface area (Å²) in [5.74, 6) is -0.750. The third kappa shape index (κ3) is 3.25. The molecule has 1 unspecified atom stereocenters. The number of benzene rings is 2. The quantitative estimate of drug-likeness (QED) is 0.389. The van der Waals surface area contributed by atoms with Crippen LogP contribution in [0.5, 0.6) is 0 Å². The van der Waals surface area contributed by atoms with Gasteiger partial charge in [0.25, 0.3) is 11.6 Å². The topological polar surface area (TPSA) is 108 Å². The van der Waals surface area contributed by atoms with Crippen molar-refractivity contribution in [1.82, 2.24) is 10.3 Å². The van der Waals surface area contributed by atoms with Crippen LogP contribution in [0.25, 0.3) is 10.9 Å². The van der Waals surface area contributed by atoms with E-state index in [1.54, 1.807) is 0 Å². The van der Waals surface area contributed by atoms with Crippen molar-refractivity contribution in [3.63, 3.8) is 0 Å². The highest BCUT2D eigenvalue weighted by atomic mass is 16.6. The summed E-state index contributed by atoms with van der Waals surface area (Å²) in [6.07, 6.45) is 2.69. The van der Waals surface area contributed by atoms with E-state index in [0.717, 1.165) is 21.4 Å². The first-order valence-electron chi connectivity index (χ1n) is 8.94. The fourth-order valence-corrected chi connectivity index (χ4v) is 3.53. The second kappa shape index (κ2) is 7.24. The molecule has 0 aliphatic carbocycles. The van der Waals surface area contributed by atoms with E-state index in [1.807, 2.05) is 30.5 Å². The molecular formula is C20H18N4O4. The van der Waals surface area contributed by atoms with Gasteiger partial charge in [-0.3, -0.25) is 19.7 Å². The number of rotatable bonds is 6. The SMILES string of the molecule is O=C1CC(NCCc2c[nH]c3ccccc23)C(=O)N1c1cccc([N+](=O)[O-])c1. The number of anilines is 1. The molecule has 2 amide bonds. The van der Waals surface area contributed by atoms with Crippen LogP contribution >= 0.6 is 0 Å². The van der Waals surface area contributed by atoms with E-state index in [-0.39, 0.29) is 29.6 Å². The normalized spacial score (nSPS) is 16.9. The Kier molecular flexibility index (Phi) is 4.62. The van der Waals surface area contributed by atoms with Gasteiger partial charge in [-0.05, 0) is 24.1 Å². The highest BCUT2D eigenvalue weighted by Gasteiger charge is 2.39. The van der Waals surface area contributed by atoms with Crippen LogP contribution in [0.1, 0.15) is 12.0 Å². The summed E-state index contributed by atoms with van der Waals surface area (Å²) >= 11 is 0. The number of hydrogen-bond donors (Lipinski definition) is 2. The lowest BCUT2D eigenvalue weighted by atomic mass is 10.1. The number of hydrogen-bond acceptors (Lipinski definition) is 5. The molecule has 1 saturated heterocycles. The lowest BCUT2D eigenvalue weighted by Crippen LogP contribution is -2.39. The number of carbonyl (C=O) groups is 2. The second-order valence-corrected chi connectivity index (χ2v) is 6.66. The molecule has 2 N–H and O–H groups in total. The molecule has 1 aliphatic rings. The number of amides is 2. The van der Waals surface area contributed by atoms with Gasteiger partial charge < -0.3 is 10.3 Å². The van der Waals surface area contributed by atoms with E-state index in [4.69, 9.17) is 0 Å². The number of nitro benzene ring substituents is 1. The third-order valence-electron chi connectivity index (χ3n) is 4.91. The van der Waals surface area contributed by atoms with Gasteiger partial charge in [0.1, 0.15) is 0 Å². The van der Waals surface area contributed by atoms with E-state index in [0.29, 0.717) is 13.0 Å². The number of H-pyrrole nitrogens is 1. The van der Waals surface area contributed by atoms with Crippen molar-refractivity contribution in [2.75, 3.05) is 11.4 Å². The first-order chi connectivity index (χ1) is 13.5. The number of aromatic amines is 1. The lowest BCUT2D eigenvalue weighted by Gasteiger charge is -2.15. The molecule has 0 spiro atoms. The summed E-state index contributed by atoms with van der Waals surface area (Å²) in [4.78, 5) is 39.6. The minimum atomic E-state index is -0.628. The van der Waals surface area contributed by atoms with Crippen molar-refractivity contribution in [3.8, 4) is 0 Å². The molecule has 142 valence electrons. The number of nitrogens with zero attached hydrogens (tertiary/aromatic N) is 2. The Labute approximate surface area is 160 Å². The number of carbonyl (C=O) groups excluding carboxylic acids is 2. The second-order valence-electron chi connectivity index (χ2n) is 6.66. The van der Waals surface area contributed by atoms with Crippen molar-refractivity contribution < 1.29 is 14.5 Å². The first-order valence-corrected chi connectivity index (χ1v) is 8.94. The van der Waals surface area contributed by atoms with Gasteiger partial charge in [-0.2, -0.15) is 0 Å². The van der Waals surface area contributed by atoms with Crippen molar-refractivity contribution in [2.45, 2.75) is 18.9 Å². The maximum absolute atomic E-state index is 12.7. The molecule has 2 aromatic carbocycles.